The van der Waals surface area contributed by atoms with Gasteiger partial charge >= 0.3 is 17.9 Å². The molecule has 222 valence electrons. The number of hydrogen-bond donors (Lipinski definition) is 1. The normalized spacial score (nSPS) is 15.0. The molecule has 4 amide bonds. The van der Waals surface area contributed by atoms with E-state index in [4.69, 9.17) is 9.47 Å². The molecule has 0 spiro atoms. The predicted molar refractivity (Wildman–Crippen MR) is 152 cm³/mol. The first-order valence-corrected chi connectivity index (χ1v) is 14.3. The van der Waals surface area contributed by atoms with E-state index in [1.807, 2.05) is 0 Å². The van der Waals surface area contributed by atoms with Gasteiger partial charge in [-0.25, -0.2) is 0 Å². The second-order valence-electron chi connectivity index (χ2n) is 9.49. The van der Waals surface area contributed by atoms with Crippen LogP contribution in [0.5, 0.6) is 0 Å². The number of hydrogen-bond acceptors (Lipinski definition) is 11. The van der Waals surface area contributed by atoms with Gasteiger partial charge in [-0.05, 0) is 31.2 Å². The largest absolute Gasteiger partial charge is 0.481 e. The van der Waals surface area contributed by atoms with Gasteiger partial charge in [-0.3, -0.25) is 43.4 Å². The molecule has 14 heteroatoms. The zero-order valence-electron chi connectivity index (χ0n) is 22.6. The fourth-order valence-electron chi connectivity index (χ4n) is 3.64. The maximum atomic E-state index is 12.6. The smallest absolute Gasteiger partial charge is 0.326 e. The van der Waals surface area contributed by atoms with Crippen LogP contribution in [0.2, 0.25) is 0 Å². The number of carbonyl (C=O) groups excluding carboxylic acids is 6. The summed E-state index contributed by atoms with van der Waals surface area (Å²) in [7, 11) is 0. The van der Waals surface area contributed by atoms with E-state index in [1.165, 1.54) is 0 Å². The number of rotatable bonds is 13. The summed E-state index contributed by atoms with van der Waals surface area (Å²) in [6.07, 6.45) is 2.20. The van der Waals surface area contributed by atoms with Gasteiger partial charge in [0, 0.05) is 21.9 Å². The first-order valence-electron chi connectivity index (χ1n) is 12.6. The standard InChI is InChI=1S/C29H24N2O10S2/c1-29(28(38)39,16-40-24(34)14-30-22(32)12-20(26(30)36)42-18-8-4-2-5-9-18)17-41-25(35)15-31-23(33)13-21(27(31)37)43-19-10-6-3-7-11-19/h2-13H,14-17H2,1H3,(H,38,39). The van der Waals surface area contributed by atoms with Gasteiger partial charge in [0.15, 0.2) is 0 Å². The third-order valence-electron chi connectivity index (χ3n) is 6.09. The van der Waals surface area contributed by atoms with Crippen LogP contribution in [-0.2, 0) is 43.0 Å². The lowest BCUT2D eigenvalue weighted by Crippen LogP contribution is -2.43. The number of carboxylic acids is 1. The maximum Gasteiger partial charge on any atom is 0.326 e. The lowest BCUT2D eigenvalue weighted by molar-refractivity contribution is -0.168. The Balaban J connectivity index is 1.26. The highest BCUT2D eigenvalue weighted by molar-refractivity contribution is 8.04. The molecule has 2 aliphatic rings. The summed E-state index contributed by atoms with van der Waals surface area (Å²) in [6, 6.07) is 17.6. The summed E-state index contributed by atoms with van der Waals surface area (Å²) in [5.74, 6) is -6.41. The Labute approximate surface area is 253 Å². The second-order valence-corrected chi connectivity index (χ2v) is 11.7. The topological polar surface area (TPSA) is 165 Å². The van der Waals surface area contributed by atoms with Crippen molar-refractivity contribution in [3.8, 4) is 0 Å². The van der Waals surface area contributed by atoms with Gasteiger partial charge in [-0.15, -0.1) is 0 Å². The Morgan fingerprint density at radius 3 is 1.42 bits per heavy atom. The molecule has 0 bridgehead atoms. The summed E-state index contributed by atoms with van der Waals surface area (Å²) in [5, 5.41) is 9.70. The van der Waals surface area contributed by atoms with E-state index >= 15 is 0 Å². The molecule has 0 radical (unpaired) electrons. The number of esters is 2. The molecule has 43 heavy (non-hydrogen) atoms. The highest BCUT2D eigenvalue weighted by Gasteiger charge is 2.39. The van der Waals surface area contributed by atoms with Crippen LogP contribution < -0.4 is 0 Å². The highest BCUT2D eigenvalue weighted by Crippen LogP contribution is 2.32. The maximum absolute atomic E-state index is 12.6. The van der Waals surface area contributed by atoms with Crippen molar-refractivity contribution in [3.05, 3.63) is 82.6 Å². The molecule has 0 saturated carbocycles. The number of carbonyl (C=O) groups is 7. The highest BCUT2D eigenvalue weighted by atomic mass is 32.2. The van der Waals surface area contributed by atoms with Crippen LogP contribution >= 0.6 is 23.5 Å². The lowest BCUT2D eigenvalue weighted by Gasteiger charge is -2.25. The van der Waals surface area contributed by atoms with Crippen LogP contribution in [0, 0.1) is 5.41 Å². The van der Waals surface area contributed by atoms with Crippen molar-refractivity contribution in [1.82, 2.24) is 9.80 Å². The number of amides is 4. The van der Waals surface area contributed by atoms with Gasteiger partial charge in [0.2, 0.25) is 0 Å². The summed E-state index contributed by atoms with van der Waals surface area (Å²) in [5.41, 5.74) is -1.91. The molecule has 0 fully saturated rings. The number of ether oxygens (including phenoxy) is 2. The van der Waals surface area contributed by atoms with Crippen molar-refractivity contribution in [3.63, 3.8) is 0 Å². The lowest BCUT2D eigenvalue weighted by atomic mass is 9.93. The molecule has 0 aromatic heterocycles. The van der Waals surface area contributed by atoms with Crippen molar-refractivity contribution in [1.29, 1.82) is 0 Å². The molecule has 0 saturated heterocycles. The van der Waals surface area contributed by atoms with E-state index < -0.39 is 73.3 Å². The van der Waals surface area contributed by atoms with Gasteiger partial charge in [-0.2, -0.15) is 0 Å². The molecule has 12 nitrogen and oxygen atoms in total. The fraction of sp³-hybridized carbons (Fsp3) is 0.207. The first kappa shape index (κ1) is 31.3. The zero-order chi connectivity index (χ0) is 31.1. The van der Waals surface area contributed by atoms with Crippen LogP contribution in [0.15, 0.2) is 92.4 Å². The van der Waals surface area contributed by atoms with E-state index in [9.17, 15) is 38.7 Å². The van der Waals surface area contributed by atoms with Crippen LogP contribution in [0.4, 0.5) is 0 Å². The SMILES string of the molecule is CC(COC(=O)CN1C(=O)C=C(Sc2ccccc2)C1=O)(COC(=O)CN1C(=O)C=C(Sc2ccccc2)C1=O)C(=O)O. The predicted octanol–water partition coefficient (Wildman–Crippen LogP) is 2.25. The first-order chi connectivity index (χ1) is 20.5. The van der Waals surface area contributed by atoms with E-state index in [-0.39, 0.29) is 9.81 Å². The minimum Gasteiger partial charge on any atom is -0.481 e. The number of thioether (sulfide) groups is 2. The monoisotopic (exact) mass is 624 g/mol. The van der Waals surface area contributed by atoms with Crippen molar-refractivity contribution >= 4 is 65.1 Å². The van der Waals surface area contributed by atoms with Crippen molar-refractivity contribution in [2.75, 3.05) is 26.3 Å². The van der Waals surface area contributed by atoms with E-state index in [2.05, 4.69) is 0 Å². The molecular weight excluding hydrogens is 600 g/mol. The third kappa shape index (κ3) is 7.78. The van der Waals surface area contributed by atoms with Crippen LogP contribution in [0.3, 0.4) is 0 Å². The molecule has 4 rings (SSSR count). The molecule has 2 aromatic carbocycles. The number of carboxylic acid groups (broad SMARTS) is 1. The number of nitrogens with zero attached hydrogens (tertiary/aromatic N) is 2. The van der Waals surface area contributed by atoms with Crippen molar-refractivity contribution in [2.45, 2.75) is 16.7 Å². The van der Waals surface area contributed by atoms with Gasteiger partial charge in [0.25, 0.3) is 23.6 Å². The number of aliphatic carboxylic acids is 1. The number of benzene rings is 2. The number of imide groups is 2. The molecule has 0 unspecified atom stereocenters. The fourth-order valence-corrected chi connectivity index (χ4v) is 5.45. The van der Waals surface area contributed by atoms with Gasteiger partial charge in [-0.1, -0.05) is 59.9 Å². The van der Waals surface area contributed by atoms with Crippen molar-refractivity contribution < 1.29 is 48.1 Å². The Morgan fingerprint density at radius 2 is 1.07 bits per heavy atom. The quantitative estimate of drug-likeness (QED) is 0.256. The Morgan fingerprint density at radius 1 is 0.698 bits per heavy atom. The van der Waals surface area contributed by atoms with E-state index in [0.29, 0.717) is 19.6 Å². The molecule has 0 aliphatic carbocycles. The van der Waals surface area contributed by atoms with Crippen molar-refractivity contribution in [2.24, 2.45) is 5.41 Å². The summed E-state index contributed by atoms with van der Waals surface area (Å²) < 4.78 is 10.1. The molecule has 2 aromatic rings. The van der Waals surface area contributed by atoms with E-state index in [1.54, 1.807) is 60.7 Å². The molecule has 2 heterocycles. The summed E-state index contributed by atoms with van der Waals surface area (Å²) in [4.78, 5) is 89.7. The second kappa shape index (κ2) is 13.5. The Hall–Kier alpha value is -4.69. The van der Waals surface area contributed by atoms with Gasteiger partial charge in [0.05, 0.1) is 9.81 Å². The van der Waals surface area contributed by atoms with Gasteiger partial charge in [0.1, 0.15) is 31.7 Å². The molecule has 2 aliphatic heterocycles. The molecular formula is C29H24N2O10S2. The average Bonchev–Trinajstić information content (AvgIpc) is 3.39. The Kier molecular flexibility index (Phi) is 9.83. The zero-order valence-corrected chi connectivity index (χ0v) is 24.2. The van der Waals surface area contributed by atoms with Crippen LogP contribution in [0.1, 0.15) is 6.92 Å². The minimum atomic E-state index is -1.91. The Bertz CT molecular complexity index is 1430. The summed E-state index contributed by atoms with van der Waals surface area (Å²) >= 11 is 2.11. The molecule has 1 N–H and O–H groups in total. The average molecular weight is 625 g/mol. The third-order valence-corrected chi connectivity index (χ3v) is 8.13. The van der Waals surface area contributed by atoms with Gasteiger partial charge < -0.3 is 14.6 Å². The molecule has 0 atom stereocenters. The van der Waals surface area contributed by atoms with E-state index in [0.717, 1.165) is 42.6 Å². The van der Waals surface area contributed by atoms with Crippen LogP contribution in [0.25, 0.3) is 0 Å². The summed E-state index contributed by atoms with van der Waals surface area (Å²) in [6.45, 7) is -1.87. The van der Waals surface area contributed by atoms with Crippen LogP contribution in [-0.4, -0.2) is 82.7 Å². The minimum absolute atomic E-state index is 0.113.